The molecule has 1 aliphatic rings. The first-order valence-electron chi connectivity index (χ1n) is 2.64. The van der Waals surface area contributed by atoms with Crippen LogP contribution in [0.15, 0.2) is 0 Å². The van der Waals surface area contributed by atoms with Crippen molar-refractivity contribution in [2.45, 2.75) is 19.8 Å². The van der Waals surface area contributed by atoms with Gasteiger partial charge in [0.2, 0.25) is 0 Å². The first-order valence-corrected chi connectivity index (χ1v) is 2.64. The smallest absolute Gasteiger partial charge is 0.0891 e. The van der Waals surface area contributed by atoms with E-state index in [2.05, 4.69) is 6.92 Å². The second kappa shape index (κ2) is 1.48. The minimum absolute atomic E-state index is 0.453. The minimum Gasteiger partial charge on any atom is -0.378 e. The Labute approximate surface area is 44.7 Å². The highest BCUT2D eigenvalue weighted by Crippen LogP contribution is 2.47. The Balaban J connectivity index is 2.13. The molecule has 1 rings (SSSR count). The fourth-order valence-electron chi connectivity index (χ4n) is 0.600. The highest BCUT2D eigenvalue weighted by Gasteiger charge is 2.37. The molecule has 0 aromatic heterocycles. The summed E-state index contributed by atoms with van der Waals surface area (Å²) in [6.45, 7) is 4.13. The fourth-order valence-corrected chi connectivity index (χ4v) is 0.600. The second-order valence-electron chi connectivity index (χ2n) is 2.51. The maximum absolute atomic E-state index is 4.84. The third-order valence-corrected chi connectivity index (χ3v) is 1.44. The molecule has 0 spiro atoms. The molecule has 1 heteroatoms. The zero-order valence-electron chi connectivity index (χ0n) is 4.90. The monoisotopic (exact) mass is 99.1 g/mol. The summed E-state index contributed by atoms with van der Waals surface area (Å²) in [7, 11) is 1.71. The summed E-state index contributed by atoms with van der Waals surface area (Å²) >= 11 is 0. The molecule has 0 bridgehead atoms. The van der Waals surface area contributed by atoms with Crippen LogP contribution in [-0.2, 0) is 4.74 Å². The SMILES string of the molecule is CO[CH]C1(C)CC1. The predicted octanol–water partition coefficient (Wildman–Crippen LogP) is 1.59. The van der Waals surface area contributed by atoms with E-state index in [9.17, 15) is 0 Å². The van der Waals surface area contributed by atoms with Crippen molar-refractivity contribution in [2.24, 2.45) is 5.41 Å². The van der Waals surface area contributed by atoms with Gasteiger partial charge in [-0.2, -0.15) is 0 Å². The van der Waals surface area contributed by atoms with Crippen LogP contribution >= 0.6 is 0 Å². The molecule has 0 aliphatic heterocycles. The van der Waals surface area contributed by atoms with E-state index < -0.39 is 0 Å². The highest BCUT2D eigenvalue weighted by atomic mass is 16.5. The lowest BCUT2D eigenvalue weighted by molar-refractivity contribution is 0.226. The van der Waals surface area contributed by atoms with E-state index in [0.717, 1.165) is 0 Å². The van der Waals surface area contributed by atoms with Gasteiger partial charge in [-0.15, -0.1) is 0 Å². The van der Waals surface area contributed by atoms with Crippen LogP contribution in [0.4, 0.5) is 0 Å². The topological polar surface area (TPSA) is 9.23 Å². The van der Waals surface area contributed by atoms with Gasteiger partial charge in [0.1, 0.15) is 0 Å². The van der Waals surface area contributed by atoms with Crippen LogP contribution in [0.5, 0.6) is 0 Å². The average molecular weight is 99.2 g/mol. The van der Waals surface area contributed by atoms with E-state index in [0.29, 0.717) is 5.41 Å². The van der Waals surface area contributed by atoms with Crippen molar-refractivity contribution in [3.63, 3.8) is 0 Å². The van der Waals surface area contributed by atoms with Crippen molar-refractivity contribution in [3.05, 3.63) is 6.61 Å². The Kier molecular flexibility index (Phi) is 1.08. The average Bonchev–Trinajstić information content (AvgIpc) is 2.22. The zero-order valence-corrected chi connectivity index (χ0v) is 4.90. The maximum atomic E-state index is 4.84. The zero-order chi connectivity index (χ0) is 5.33. The summed E-state index contributed by atoms with van der Waals surface area (Å²) in [6, 6.07) is 0. The molecular weight excluding hydrogens is 88.1 g/mol. The number of hydrogen-bond acceptors (Lipinski definition) is 1. The first kappa shape index (κ1) is 5.10. The van der Waals surface area contributed by atoms with Crippen molar-refractivity contribution in [2.75, 3.05) is 7.11 Å². The molecule has 0 aromatic rings. The van der Waals surface area contributed by atoms with E-state index in [-0.39, 0.29) is 0 Å². The van der Waals surface area contributed by atoms with Crippen LogP contribution in [0.2, 0.25) is 0 Å². The largest absolute Gasteiger partial charge is 0.378 e. The summed E-state index contributed by atoms with van der Waals surface area (Å²) in [5.74, 6) is 0. The van der Waals surface area contributed by atoms with Gasteiger partial charge in [0.05, 0.1) is 6.61 Å². The Hall–Kier alpha value is -0.0400. The predicted molar refractivity (Wildman–Crippen MR) is 28.6 cm³/mol. The Morgan fingerprint density at radius 3 is 2.29 bits per heavy atom. The molecule has 0 saturated heterocycles. The van der Waals surface area contributed by atoms with Crippen LogP contribution in [-0.4, -0.2) is 7.11 Å². The van der Waals surface area contributed by atoms with Crippen LogP contribution in [0, 0.1) is 12.0 Å². The Morgan fingerprint density at radius 2 is 2.14 bits per heavy atom. The van der Waals surface area contributed by atoms with Gasteiger partial charge >= 0.3 is 0 Å². The van der Waals surface area contributed by atoms with E-state index in [4.69, 9.17) is 4.74 Å². The number of rotatable bonds is 2. The number of hydrogen-bond donors (Lipinski definition) is 0. The molecule has 41 valence electrons. The lowest BCUT2D eigenvalue weighted by atomic mass is 10.2. The van der Waals surface area contributed by atoms with Crippen molar-refractivity contribution in [3.8, 4) is 0 Å². The third-order valence-electron chi connectivity index (χ3n) is 1.44. The minimum atomic E-state index is 0.453. The number of methoxy groups -OCH3 is 1. The van der Waals surface area contributed by atoms with E-state index >= 15 is 0 Å². The van der Waals surface area contributed by atoms with Gasteiger partial charge < -0.3 is 4.74 Å². The standard InChI is InChI=1S/C6H11O/c1-6(3-4-6)5-7-2/h5H,3-4H2,1-2H3. The summed E-state index contributed by atoms with van der Waals surface area (Å²) in [5, 5.41) is 0. The molecule has 1 fully saturated rings. The van der Waals surface area contributed by atoms with Crippen LogP contribution < -0.4 is 0 Å². The molecular formula is C6H11O. The van der Waals surface area contributed by atoms with Crippen molar-refractivity contribution in [1.29, 1.82) is 0 Å². The Bertz CT molecular complexity index is 64.6. The molecule has 1 nitrogen and oxygen atoms in total. The fraction of sp³-hybridized carbons (Fsp3) is 0.833. The van der Waals surface area contributed by atoms with Gasteiger partial charge in [0.25, 0.3) is 0 Å². The van der Waals surface area contributed by atoms with E-state index in [1.54, 1.807) is 7.11 Å². The van der Waals surface area contributed by atoms with E-state index in [1.807, 2.05) is 6.61 Å². The first-order chi connectivity index (χ1) is 3.27. The molecule has 0 aromatic carbocycles. The molecule has 1 radical (unpaired) electrons. The summed E-state index contributed by atoms with van der Waals surface area (Å²) in [5.41, 5.74) is 0.453. The summed E-state index contributed by atoms with van der Waals surface area (Å²) in [6.07, 6.45) is 2.61. The molecule has 0 heterocycles. The molecule has 0 amide bonds. The summed E-state index contributed by atoms with van der Waals surface area (Å²) in [4.78, 5) is 0. The lowest BCUT2D eigenvalue weighted by Gasteiger charge is -2.01. The molecule has 1 aliphatic carbocycles. The van der Waals surface area contributed by atoms with Gasteiger partial charge in [0, 0.05) is 7.11 Å². The molecule has 0 unspecified atom stereocenters. The quantitative estimate of drug-likeness (QED) is 0.511. The van der Waals surface area contributed by atoms with Gasteiger partial charge in [-0.05, 0) is 18.3 Å². The molecule has 0 N–H and O–H groups in total. The van der Waals surface area contributed by atoms with Gasteiger partial charge in [0.15, 0.2) is 0 Å². The van der Waals surface area contributed by atoms with Crippen LogP contribution in [0.3, 0.4) is 0 Å². The van der Waals surface area contributed by atoms with E-state index in [1.165, 1.54) is 12.8 Å². The van der Waals surface area contributed by atoms with Gasteiger partial charge in [-0.25, -0.2) is 0 Å². The van der Waals surface area contributed by atoms with Crippen molar-refractivity contribution < 1.29 is 4.74 Å². The Morgan fingerprint density at radius 1 is 1.57 bits per heavy atom. The second-order valence-corrected chi connectivity index (χ2v) is 2.51. The highest BCUT2D eigenvalue weighted by molar-refractivity contribution is 4.95. The maximum Gasteiger partial charge on any atom is 0.0891 e. The molecule has 7 heavy (non-hydrogen) atoms. The van der Waals surface area contributed by atoms with Crippen molar-refractivity contribution in [1.82, 2.24) is 0 Å². The van der Waals surface area contributed by atoms with Gasteiger partial charge in [-0.1, -0.05) is 6.92 Å². The lowest BCUT2D eigenvalue weighted by Crippen LogP contribution is -1.93. The normalized spacial score (nSPS) is 24.9. The van der Waals surface area contributed by atoms with Crippen LogP contribution in [0.25, 0.3) is 0 Å². The van der Waals surface area contributed by atoms with Crippen LogP contribution in [0.1, 0.15) is 19.8 Å². The van der Waals surface area contributed by atoms with Gasteiger partial charge in [-0.3, -0.25) is 0 Å². The third kappa shape index (κ3) is 1.16. The summed E-state index contributed by atoms with van der Waals surface area (Å²) < 4.78 is 4.84. The molecule has 1 saturated carbocycles. The number of ether oxygens (including phenoxy) is 1. The molecule has 0 atom stereocenters. The van der Waals surface area contributed by atoms with Crippen molar-refractivity contribution >= 4 is 0 Å².